The highest BCUT2D eigenvalue weighted by Gasteiger charge is 2.30. The number of aliphatic hydroxyl groups excluding tert-OH is 1. The van der Waals surface area contributed by atoms with Gasteiger partial charge in [0, 0.05) is 45.0 Å². The second-order valence-electron chi connectivity index (χ2n) is 7.38. The van der Waals surface area contributed by atoms with Crippen LogP contribution in [-0.4, -0.2) is 71.7 Å². The molecular weight excluding hydrogens is 411 g/mol. The van der Waals surface area contributed by atoms with Gasteiger partial charge in [0.25, 0.3) is 0 Å². The number of benzene rings is 1. The third-order valence-corrected chi connectivity index (χ3v) is 4.97. The second-order valence-corrected chi connectivity index (χ2v) is 7.38. The van der Waals surface area contributed by atoms with Crippen LogP contribution in [0.4, 0.5) is 30.4 Å². The Morgan fingerprint density at radius 1 is 1.06 bits per heavy atom. The quantitative estimate of drug-likeness (QED) is 0.589. The molecule has 1 fully saturated rings. The van der Waals surface area contributed by atoms with Crippen molar-refractivity contribution < 1.29 is 23.1 Å². The van der Waals surface area contributed by atoms with Gasteiger partial charge in [0.15, 0.2) is 0 Å². The Labute approximate surface area is 178 Å². The fourth-order valence-corrected chi connectivity index (χ4v) is 3.33. The number of hydrogen-bond donors (Lipinski definition) is 3. The van der Waals surface area contributed by atoms with Crippen LogP contribution in [0.2, 0.25) is 0 Å². The van der Waals surface area contributed by atoms with Crippen molar-refractivity contribution in [2.45, 2.75) is 12.6 Å². The molecule has 2 heterocycles. The van der Waals surface area contributed by atoms with Gasteiger partial charge in [0.05, 0.1) is 24.0 Å². The molecule has 1 aromatic carbocycles. The average molecular weight is 437 g/mol. The molecule has 0 saturated carbocycles. The minimum absolute atomic E-state index is 0.149. The lowest BCUT2D eigenvalue weighted by Gasteiger charge is -2.34. The highest BCUT2D eigenvalue weighted by molar-refractivity contribution is 5.92. The van der Waals surface area contributed by atoms with Crippen molar-refractivity contribution in [1.82, 2.24) is 14.8 Å². The van der Waals surface area contributed by atoms with E-state index in [0.717, 1.165) is 51.3 Å². The number of carbonyl (C=O) groups excluding carboxylic acids is 1. The summed E-state index contributed by atoms with van der Waals surface area (Å²) in [4.78, 5) is 20.8. The maximum Gasteiger partial charge on any atom is 0.416 e. The number of pyridine rings is 1. The normalized spacial score (nSPS) is 15.6. The van der Waals surface area contributed by atoms with E-state index in [2.05, 4.69) is 25.4 Å². The molecule has 2 aromatic rings. The number of anilines is 3. The first kappa shape index (κ1) is 23.0. The van der Waals surface area contributed by atoms with Gasteiger partial charge < -0.3 is 20.6 Å². The van der Waals surface area contributed by atoms with E-state index in [1.54, 1.807) is 12.1 Å². The van der Waals surface area contributed by atoms with Gasteiger partial charge in [-0.05, 0) is 36.8 Å². The van der Waals surface area contributed by atoms with Crippen molar-refractivity contribution in [2.24, 2.45) is 0 Å². The minimum atomic E-state index is -4.41. The van der Waals surface area contributed by atoms with E-state index in [9.17, 15) is 18.0 Å². The zero-order chi connectivity index (χ0) is 22.3. The van der Waals surface area contributed by atoms with Crippen LogP contribution < -0.4 is 10.6 Å². The molecule has 10 heteroatoms. The zero-order valence-corrected chi connectivity index (χ0v) is 17.0. The van der Waals surface area contributed by atoms with Crippen LogP contribution in [0.1, 0.15) is 12.0 Å². The third-order valence-electron chi connectivity index (χ3n) is 4.97. The highest BCUT2D eigenvalue weighted by atomic mass is 19.4. The summed E-state index contributed by atoms with van der Waals surface area (Å²) in [6.45, 7) is 4.63. The van der Waals surface area contributed by atoms with E-state index >= 15 is 0 Å². The molecule has 1 aromatic heterocycles. The van der Waals surface area contributed by atoms with Crippen LogP contribution in [0.25, 0.3) is 0 Å². The molecule has 7 nitrogen and oxygen atoms in total. The van der Waals surface area contributed by atoms with Crippen LogP contribution in [0.15, 0.2) is 42.6 Å². The lowest BCUT2D eigenvalue weighted by molar-refractivity contribution is -0.137. The largest absolute Gasteiger partial charge is 0.416 e. The topological polar surface area (TPSA) is 80.7 Å². The number of hydrogen-bond acceptors (Lipinski definition) is 6. The molecule has 0 unspecified atom stereocenters. The maximum atomic E-state index is 12.8. The molecule has 3 rings (SSSR count). The van der Waals surface area contributed by atoms with Crippen molar-refractivity contribution >= 4 is 23.1 Å². The van der Waals surface area contributed by atoms with Gasteiger partial charge in [-0.15, -0.1) is 0 Å². The number of carbonyl (C=O) groups is 1. The molecular formula is C21H26F3N5O2. The smallest absolute Gasteiger partial charge is 0.396 e. The number of piperazine rings is 1. The van der Waals surface area contributed by atoms with Gasteiger partial charge in [-0.25, -0.2) is 4.98 Å². The van der Waals surface area contributed by atoms with Crippen LogP contribution in [0, 0.1) is 0 Å². The number of amides is 1. The summed E-state index contributed by atoms with van der Waals surface area (Å²) < 4.78 is 38.5. The molecule has 168 valence electrons. The number of nitrogens with one attached hydrogen (secondary N) is 2. The van der Waals surface area contributed by atoms with Gasteiger partial charge in [-0.3, -0.25) is 9.69 Å². The van der Waals surface area contributed by atoms with E-state index in [1.165, 1.54) is 18.3 Å². The summed E-state index contributed by atoms with van der Waals surface area (Å²) in [6.07, 6.45) is -2.20. The molecule has 31 heavy (non-hydrogen) atoms. The fourth-order valence-electron chi connectivity index (χ4n) is 3.33. The first-order chi connectivity index (χ1) is 14.8. The standard InChI is InChI=1S/C21H26F3N5O2/c22-21(23,24)16-3-1-4-17(13-16)26-19-6-5-18(14-25-19)27-20(31)15-29-10-8-28(9-11-29)7-2-12-30/h1,3-6,13-14,30H,2,7-12,15H2,(H,25,26)(H,27,31). The molecule has 0 atom stereocenters. The first-order valence-corrected chi connectivity index (χ1v) is 10.1. The van der Waals surface area contributed by atoms with Crippen molar-refractivity contribution in [1.29, 1.82) is 0 Å². The third kappa shape index (κ3) is 7.20. The molecule has 1 saturated heterocycles. The Balaban J connectivity index is 1.47. The predicted octanol–water partition coefficient (Wildman–Crippen LogP) is 2.78. The van der Waals surface area contributed by atoms with Crippen molar-refractivity contribution in [3.05, 3.63) is 48.2 Å². The number of halogens is 3. The Hall–Kier alpha value is -2.69. The lowest BCUT2D eigenvalue weighted by atomic mass is 10.2. The van der Waals surface area contributed by atoms with Gasteiger partial charge in [0.1, 0.15) is 5.82 Å². The Morgan fingerprint density at radius 3 is 2.45 bits per heavy atom. The number of alkyl halides is 3. The number of rotatable bonds is 8. The highest BCUT2D eigenvalue weighted by Crippen LogP contribution is 2.31. The SMILES string of the molecule is O=C(CN1CCN(CCCO)CC1)Nc1ccc(Nc2cccc(C(F)(F)F)c2)nc1. The zero-order valence-electron chi connectivity index (χ0n) is 17.0. The monoisotopic (exact) mass is 437 g/mol. The van der Waals surface area contributed by atoms with Crippen LogP contribution in [0.5, 0.6) is 0 Å². The van der Waals surface area contributed by atoms with Crippen LogP contribution in [-0.2, 0) is 11.0 Å². The summed E-state index contributed by atoms with van der Waals surface area (Å²) in [6, 6.07) is 8.11. The van der Waals surface area contributed by atoms with Gasteiger partial charge >= 0.3 is 6.18 Å². The predicted molar refractivity (Wildman–Crippen MR) is 112 cm³/mol. The van der Waals surface area contributed by atoms with Gasteiger partial charge in [-0.2, -0.15) is 13.2 Å². The molecule has 1 amide bonds. The van der Waals surface area contributed by atoms with Crippen molar-refractivity contribution in [3.63, 3.8) is 0 Å². The van der Waals surface area contributed by atoms with E-state index in [1.807, 2.05) is 0 Å². The molecule has 0 bridgehead atoms. The summed E-state index contributed by atoms with van der Waals surface area (Å²) in [7, 11) is 0. The first-order valence-electron chi connectivity index (χ1n) is 10.1. The second kappa shape index (κ2) is 10.6. The van der Waals surface area contributed by atoms with Gasteiger partial charge in [-0.1, -0.05) is 6.07 Å². The van der Waals surface area contributed by atoms with E-state index in [0.29, 0.717) is 11.5 Å². The average Bonchev–Trinajstić information content (AvgIpc) is 2.74. The fraction of sp³-hybridized carbons (Fsp3) is 0.429. The molecule has 0 radical (unpaired) electrons. The molecule has 0 aliphatic carbocycles. The van der Waals surface area contributed by atoms with Gasteiger partial charge in [0.2, 0.25) is 5.91 Å². The number of aliphatic hydroxyl groups is 1. The maximum absolute atomic E-state index is 12.8. The molecule has 1 aliphatic rings. The van der Waals surface area contributed by atoms with Crippen LogP contribution >= 0.6 is 0 Å². The number of aromatic nitrogens is 1. The van der Waals surface area contributed by atoms with E-state index in [-0.39, 0.29) is 24.7 Å². The number of nitrogens with zero attached hydrogens (tertiary/aromatic N) is 3. The molecule has 1 aliphatic heterocycles. The van der Waals surface area contributed by atoms with E-state index < -0.39 is 11.7 Å². The summed E-state index contributed by atoms with van der Waals surface area (Å²) >= 11 is 0. The minimum Gasteiger partial charge on any atom is -0.396 e. The Bertz CT molecular complexity index is 853. The Kier molecular flexibility index (Phi) is 7.83. The molecule has 0 spiro atoms. The van der Waals surface area contributed by atoms with Crippen molar-refractivity contribution in [3.8, 4) is 0 Å². The van der Waals surface area contributed by atoms with Crippen molar-refractivity contribution in [2.75, 3.05) is 56.5 Å². The molecule has 3 N–H and O–H groups in total. The van der Waals surface area contributed by atoms with E-state index in [4.69, 9.17) is 5.11 Å². The Morgan fingerprint density at radius 2 is 1.81 bits per heavy atom. The summed E-state index contributed by atoms with van der Waals surface area (Å²) in [5.74, 6) is 0.223. The lowest BCUT2D eigenvalue weighted by Crippen LogP contribution is -2.48. The van der Waals surface area contributed by atoms with Crippen LogP contribution in [0.3, 0.4) is 0 Å². The summed E-state index contributed by atoms with van der Waals surface area (Å²) in [5, 5.41) is 14.5. The summed E-state index contributed by atoms with van der Waals surface area (Å²) in [5.41, 5.74) is 0.0500.